The van der Waals surface area contributed by atoms with Crippen LogP contribution in [-0.2, 0) is 13.0 Å². The zero-order valence-electron chi connectivity index (χ0n) is 10.9. The average Bonchev–Trinajstić information content (AvgIpc) is 2.81. The second-order valence-corrected chi connectivity index (χ2v) is 5.07. The number of aryl methyl sites for hydroxylation is 1. The molecule has 0 fully saturated rings. The Hall–Kier alpha value is -1.45. The van der Waals surface area contributed by atoms with Gasteiger partial charge in [-0.1, -0.05) is 12.1 Å². The minimum atomic E-state index is 0.310. The van der Waals surface area contributed by atoms with Crippen LogP contribution in [0.2, 0.25) is 5.22 Å². The maximum atomic E-state index is 9.21. The van der Waals surface area contributed by atoms with E-state index in [9.17, 15) is 5.11 Å². The van der Waals surface area contributed by atoms with Crippen LogP contribution in [-0.4, -0.2) is 11.1 Å². The second kappa shape index (κ2) is 6.64. The van der Waals surface area contributed by atoms with Crippen molar-refractivity contribution in [3.05, 3.63) is 52.9 Å². The van der Waals surface area contributed by atoms with Gasteiger partial charge in [-0.15, -0.1) is 0 Å². The molecule has 0 saturated heterocycles. The van der Waals surface area contributed by atoms with Crippen molar-refractivity contribution in [1.82, 2.24) is 5.32 Å². The van der Waals surface area contributed by atoms with Crippen molar-refractivity contribution in [3.63, 3.8) is 0 Å². The molecule has 2 aromatic rings. The van der Waals surface area contributed by atoms with Crippen LogP contribution in [0.15, 0.2) is 40.8 Å². The molecular formula is C15H18ClNO2. The predicted molar refractivity (Wildman–Crippen MR) is 76.4 cm³/mol. The Balaban J connectivity index is 1.72. The zero-order chi connectivity index (χ0) is 13.7. The van der Waals surface area contributed by atoms with Gasteiger partial charge in [-0.25, -0.2) is 0 Å². The summed E-state index contributed by atoms with van der Waals surface area (Å²) in [4.78, 5) is 0. The van der Waals surface area contributed by atoms with E-state index in [1.807, 2.05) is 18.2 Å². The van der Waals surface area contributed by atoms with Crippen molar-refractivity contribution in [2.45, 2.75) is 32.4 Å². The maximum absolute atomic E-state index is 9.21. The summed E-state index contributed by atoms with van der Waals surface area (Å²) in [6.45, 7) is 2.83. The van der Waals surface area contributed by atoms with Crippen LogP contribution >= 0.6 is 11.6 Å². The minimum Gasteiger partial charge on any atom is -0.508 e. The highest BCUT2D eigenvalue weighted by Gasteiger charge is 2.05. The first-order valence-corrected chi connectivity index (χ1v) is 6.77. The Kier molecular flexibility index (Phi) is 4.88. The summed E-state index contributed by atoms with van der Waals surface area (Å²) < 4.78 is 5.28. The number of benzene rings is 1. The molecule has 102 valence electrons. The topological polar surface area (TPSA) is 45.4 Å². The summed E-state index contributed by atoms with van der Waals surface area (Å²) >= 11 is 5.71. The first kappa shape index (κ1) is 14.0. The molecular weight excluding hydrogens is 262 g/mol. The zero-order valence-corrected chi connectivity index (χ0v) is 11.7. The molecule has 1 aromatic heterocycles. The number of halogens is 1. The largest absolute Gasteiger partial charge is 0.508 e. The summed E-state index contributed by atoms with van der Waals surface area (Å²) in [5.74, 6) is 1.16. The van der Waals surface area contributed by atoms with Gasteiger partial charge in [-0.2, -0.15) is 0 Å². The molecule has 0 aliphatic carbocycles. The molecule has 1 unspecified atom stereocenters. The van der Waals surface area contributed by atoms with Gasteiger partial charge >= 0.3 is 0 Å². The lowest BCUT2D eigenvalue weighted by Gasteiger charge is -2.12. The van der Waals surface area contributed by atoms with Gasteiger partial charge in [-0.3, -0.25) is 0 Å². The fourth-order valence-electron chi connectivity index (χ4n) is 1.87. The van der Waals surface area contributed by atoms with E-state index in [0.29, 0.717) is 23.6 Å². The molecule has 0 radical (unpaired) electrons. The van der Waals surface area contributed by atoms with Crippen LogP contribution in [0.1, 0.15) is 24.7 Å². The van der Waals surface area contributed by atoms with E-state index < -0.39 is 0 Å². The molecule has 3 nitrogen and oxygen atoms in total. The van der Waals surface area contributed by atoms with E-state index in [4.69, 9.17) is 16.0 Å². The monoisotopic (exact) mass is 279 g/mol. The summed E-state index contributed by atoms with van der Waals surface area (Å²) in [5, 5.41) is 13.0. The van der Waals surface area contributed by atoms with E-state index >= 15 is 0 Å². The molecule has 19 heavy (non-hydrogen) atoms. The van der Waals surface area contributed by atoms with Crippen LogP contribution in [0.25, 0.3) is 0 Å². The fourth-order valence-corrected chi connectivity index (χ4v) is 2.03. The van der Waals surface area contributed by atoms with Gasteiger partial charge in [-0.05, 0) is 61.2 Å². The second-order valence-electron chi connectivity index (χ2n) is 4.69. The molecule has 1 atom stereocenters. The standard InChI is InChI=1S/C15H18ClNO2/c1-11(17-10-14-8-9-15(16)19-14)2-3-12-4-6-13(18)7-5-12/h4-9,11,17-18H,2-3,10H2,1H3. The van der Waals surface area contributed by atoms with Crippen molar-refractivity contribution in [2.75, 3.05) is 0 Å². The number of nitrogens with one attached hydrogen (secondary N) is 1. The first-order chi connectivity index (χ1) is 9.13. The number of phenols is 1. The Morgan fingerprint density at radius 2 is 1.95 bits per heavy atom. The third kappa shape index (κ3) is 4.62. The molecule has 0 spiro atoms. The number of furan rings is 1. The van der Waals surface area contributed by atoms with Gasteiger partial charge < -0.3 is 14.8 Å². The lowest BCUT2D eigenvalue weighted by atomic mass is 10.1. The molecule has 0 aliphatic rings. The van der Waals surface area contributed by atoms with Crippen molar-refractivity contribution < 1.29 is 9.52 Å². The maximum Gasteiger partial charge on any atom is 0.193 e. The van der Waals surface area contributed by atoms with Gasteiger partial charge in [0.2, 0.25) is 0 Å². The van der Waals surface area contributed by atoms with E-state index in [1.54, 1.807) is 18.2 Å². The summed E-state index contributed by atoms with van der Waals surface area (Å²) in [7, 11) is 0. The number of hydrogen-bond acceptors (Lipinski definition) is 3. The summed E-state index contributed by atoms with van der Waals surface area (Å²) in [5.41, 5.74) is 1.23. The Labute approximate surface area is 118 Å². The first-order valence-electron chi connectivity index (χ1n) is 6.39. The van der Waals surface area contributed by atoms with Crippen LogP contribution in [0, 0.1) is 0 Å². The normalized spacial score (nSPS) is 12.5. The smallest absolute Gasteiger partial charge is 0.193 e. The van der Waals surface area contributed by atoms with Crippen LogP contribution in [0.3, 0.4) is 0 Å². The van der Waals surface area contributed by atoms with E-state index in [1.165, 1.54) is 5.56 Å². The Bertz CT molecular complexity index is 507. The van der Waals surface area contributed by atoms with Crippen molar-refractivity contribution >= 4 is 11.6 Å². The summed E-state index contributed by atoms with van der Waals surface area (Å²) in [6.07, 6.45) is 2.01. The molecule has 0 amide bonds. The van der Waals surface area contributed by atoms with E-state index in [2.05, 4.69) is 12.2 Å². The van der Waals surface area contributed by atoms with Crippen molar-refractivity contribution in [1.29, 1.82) is 0 Å². The van der Waals surface area contributed by atoms with Crippen LogP contribution < -0.4 is 5.32 Å². The van der Waals surface area contributed by atoms with E-state index in [-0.39, 0.29) is 0 Å². The summed E-state index contributed by atoms with van der Waals surface area (Å²) in [6, 6.07) is 11.4. The van der Waals surface area contributed by atoms with Gasteiger partial charge in [0.1, 0.15) is 11.5 Å². The molecule has 0 bridgehead atoms. The minimum absolute atomic E-state index is 0.310. The molecule has 1 aromatic carbocycles. The van der Waals surface area contributed by atoms with Gasteiger partial charge in [0.25, 0.3) is 0 Å². The number of phenolic OH excluding ortho intramolecular Hbond substituents is 1. The average molecular weight is 280 g/mol. The Morgan fingerprint density at radius 1 is 1.21 bits per heavy atom. The third-order valence-electron chi connectivity index (χ3n) is 3.06. The van der Waals surface area contributed by atoms with E-state index in [0.717, 1.165) is 18.6 Å². The van der Waals surface area contributed by atoms with Crippen LogP contribution in [0.5, 0.6) is 5.75 Å². The fraction of sp³-hybridized carbons (Fsp3) is 0.333. The SMILES string of the molecule is CC(CCc1ccc(O)cc1)NCc1ccc(Cl)o1. The number of rotatable bonds is 6. The van der Waals surface area contributed by atoms with Crippen molar-refractivity contribution in [3.8, 4) is 5.75 Å². The number of hydrogen-bond donors (Lipinski definition) is 2. The third-order valence-corrected chi connectivity index (χ3v) is 3.26. The quantitative estimate of drug-likeness (QED) is 0.846. The van der Waals surface area contributed by atoms with Gasteiger partial charge in [0.15, 0.2) is 5.22 Å². The predicted octanol–water partition coefficient (Wildman–Crippen LogP) is 3.75. The van der Waals surface area contributed by atoms with Crippen LogP contribution in [0.4, 0.5) is 0 Å². The van der Waals surface area contributed by atoms with Gasteiger partial charge in [0.05, 0.1) is 6.54 Å². The number of aromatic hydroxyl groups is 1. The van der Waals surface area contributed by atoms with Gasteiger partial charge in [0, 0.05) is 6.04 Å². The lowest BCUT2D eigenvalue weighted by molar-refractivity contribution is 0.444. The molecule has 1 heterocycles. The molecule has 2 rings (SSSR count). The molecule has 0 aliphatic heterocycles. The Morgan fingerprint density at radius 3 is 2.58 bits per heavy atom. The van der Waals surface area contributed by atoms with Crippen molar-refractivity contribution in [2.24, 2.45) is 0 Å². The highest BCUT2D eigenvalue weighted by atomic mass is 35.5. The molecule has 4 heteroatoms. The highest BCUT2D eigenvalue weighted by Crippen LogP contribution is 2.14. The molecule has 2 N–H and O–H groups in total. The lowest BCUT2D eigenvalue weighted by Crippen LogP contribution is -2.25. The highest BCUT2D eigenvalue weighted by molar-refractivity contribution is 6.28. The molecule has 0 saturated carbocycles.